The van der Waals surface area contributed by atoms with Crippen molar-refractivity contribution < 1.29 is 9.53 Å². The molecule has 4 nitrogen and oxygen atoms in total. The van der Waals surface area contributed by atoms with Gasteiger partial charge in [-0.05, 0) is 18.9 Å². The summed E-state index contributed by atoms with van der Waals surface area (Å²) in [5, 5.41) is 0. The molecule has 4 heteroatoms. The van der Waals surface area contributed by atoms with Crippen LogP contribution in [0.15, 0.2) is 30.3 Å². The van der Waals surface area contributed by atoms with Crippen LogP contribution in [0.5, 0.6) is 0 Å². The van der Waals surface area contributed by atoms with Gasteiger partial charge in [-0.2, -0.15) is 0 Å². The van der Waals surface area contributed by atoms with Gasteiger partial charge < -0.3 is 15.4 Å². The van der Waals surface area contributed by atoms with Crippen LogP contribution >= 0.6 is 0 Å². The molecule has 1 heterocycles. The minimum atomic E-state index is -0.274. The highest BCUT2D eigenvalue weighted by Gasteiger charge is 2.34. The first-order chi connectivity index (χ1) is 9.52. The summed E-state index contributed by atoms with van der Waals surface area (Å²) in [6.07, 6.45) is 1.00. The van der Waals surface area contributed by atoms with E-state index in [1.54, 1.807) is 0 Å². The molecule has 0 aliphatic carbocycles. The lowest BCUT2D eigenvalue weighted by atomic mass is 9.93. The summed E-state index contributed by atoms with van der Waals surface area (Å²) in [5.74, 6) is -0.154. The molecule has 4 unspecified atom stereocenters. The Kier molecular flexibility index (Phi) is 4.78. The van der Waals surface area contributed by atoms with Gasteiger partial charge in [0.1, 0.15) is 0 Å². The Balaban J connectivity index is 2.04. The molecule has 1 aliphatic rings. The van der Waals surface area contributed by atoms with Gasteiger partial charge in [-0.25, -0.2) is 0 Å². The summed E-state index contributed by atoms with van der Waals surface area (Å²) < 4.78 is 5.54. The van der Waals surface area contributed by atoms with Crippen molar-refractivity contribution in [3.8, 4) is 0 Å². The Labute approximate surface area is 120 Å². The van der Waals surface area contributed by atoms with Crippen LogP contribution in [-0.4, -0.2) is 36.6 Å². The van der Waals surface area contributed by atoms with Crippen molar-refractivity contribution >= 4 is 5.91 Å². The lowest BCUT2D eigenvalue weighted by Gasteiger charge is -2.31. The summed E-state index contributed by atoms with van der Waals surface area (Å²) in [6, 6.07) is 9.67. The van der Waals surface area contributed by atoms with Crippen LogP contribution in [-0.2, 0) is 9.53 Å². The van der Waals surface area contributed by atoms with E-state index in [0.717, 1.165) is 18.6 Å². The molecule has 20 heavy (non-hydrogen) atoms. The standard InChI is InChI=1S/C16H24N2O2/c1-11(15(17)13-7-5-4-6-8-13)16(19)18(3)14-9-10-20-12(14)2/h4-8,11-12,14-15H,9-10,17H2,1-3H3. The number of nitrogens with two attached hydrogens (primary N) is 1. The first kappa shape index (κ1) is 15.0. The van der Waals surface area contributed by atoms with Gasteiger partial charge in [-0.15, -0.1) is 0 Å². The van der Waals surface area contributed by atoms with Crippen LogP contribution in [0.3, 0.4) is 0 Å². The van der Waals surface area contributed by atoms with Crippen molar-refractivity contribution in [3.63, 3.8) is 0 Å². The van der Waals surface area contributed by atoms with E-state index in [-0.39, 0.29) is 30.0 Å². The van der Waals surface area contributed by atoms with E-state index in [1.165, 1.54) is 0 Å². The van der Waals surface area contributed by atoms with Gasteiger partial charge in [-0.1, -0.05) is 37.3 Å². The number of benzene rings is 1. The van der Waals surface area contributed by atoms with Gasteiger partial charge in [0.25, 0.3) is 0 Å². The highest BCUT2D eigenvalue weighted by molar-refractivity contribution is 5.79. The van der Waals surface area contributed by atoms with Crippen molar-refractivity contribution in [1.82, 2.24) is 4.90 Å². The quantitative estimate of drug-likeness (QED) is 0.914. The average Bonchev–Trinajstić information content (AvgIpc) is 2.91. The van der Waals surface area contributed by atoms with E-state index >= 15 is 0 Å². The fourth-order valence-corrected chi connectivity index (χ4v) is 2.83. The SMILES string of the molecule is CC1OCCC1N(C)C(=O)C(C)C(N)c1ccccc1. The van der Waals surface area contributed by atoms with Crippen LogP contribution in [0.2, 0.25) is 0 Å². The minimum absolute atomic E-state index is 0.0868. The summed E-state index contributed by atoms with van der Waals surface area (Å²) in [6.45, 7) is 4.64. The maximum Gasteiger partial charge on any atom is 0.227 e. The second kappa shape index (κ2) is 6.37. The van der Waals surface area contributed by atoms with E-state index in [2.05, 4.69) is 0 Å². The van der Waals surface area contributed by atoms with Crippen molar-refractivity contribution in [2.24, 2.45) is 11.7 Å². The molecule has 1 amide bonds. The van der Waals surface area contributed by atoms with Crippen molar-refractivity contribution in [3.05, 3.63) is 35.9 Å². The van der Waals surface area contributed by atoms with Crippen molar-refractivity contribution in [2.45, 2.75) is 38.5 Å². The van der Waals surface area contributed by atoms with Gasteiger partial charge in [0, 0.05) is 19.7 Å². The van der Waals surface area contributed by atoms with Crippen LogP contribution in [0, 0.1) is 5.92 Å². The molecule has 1 fully saturated rings. The zero-order valence-corrected chi connectivity index (χ0v) is 12.5. The maximum absolute atomic E-state index is 12.6. The zero-order valence-electron chi connectivity index (χ0n) is 12.5. The number of ether oxygens (including phenoxy) is 1. The van der Waals surface area contributed by atoms with Crippen LogP contribution in [0.4, 0.5) is 0 Å². The summed E-state index contributed by atoms with van der Waals surface area (Å²) in [5.41, 5.74) is 7.23. The van der Waals surface area contributed by atoms with Crippen molar-refractivity contribution in [2.75, 3.05) is 13.7 Å². The molecule has 2 rings (SSSR count). The Bertz CT molecular complexity index is 449. The Morgan fingerprint density at radius 3 is 2.60 bits per heavy atom. The normalized spacial score (nSPS) is 25.2. The summed E-state index contributed by atoms with van der Waals surface area (Å²) >= 11 is 0. The Morgan fingerprint density at radius 2 is 2.05 bits per heavy atom. The van der Waals surface area contributed by atoms with Gasteiger partial charge in [-0.3, -0.25) is 4.79 Å². The molecule has 1 aliphatic heterocycles. The van der Waals surface area contributed by atoms with Gasteiger partial charge in [0.05, 0.1) is 18.1 Å². The third-order valence-corrected chi connectivity index (χ3v) is 4.29. The monoisotopic (exact) mass is 276 g/mol. The smallest absolute Gasteiger partial charge is 0.227 e. The Morgan fingerprint density at radius 1 is 1.40 bits per heavy atom. The number of nitrogens with zero attached hydrogens (tertiary/aromatic N) is 1. The molecule has 0 spiro atoms. The van der Waals surface area contributed by atoms with Crippen molar-refractivity contribution in [1.29, 1.82) is 0 Å². The van der Waals surface area contributed by atoms with Crippen LogP contribution < -0.4 is 5.73 Å². The molecule has 0 bridgehead atoms. The first-order valence-corrected chi connectivity index (χ1v) is 7.21. The van der Waals surface area contributed by atoms with Gasteiger partial charge >= 0.3 is 0 Å². The van der Waals surface area contributed by atoms with Gasteiger partial charge in [0.15, 0.2) is 0 Å². The molecular weight excluding hydrogens is 252 g/mol. The highest BCUT2D eigenvalue weighted by atomic mass is 16.5. The average molecular weight is 276 g/mol. The third kappa shape index (κ3) is 3.02. The fourth-order valence-electron chi connectivity index (χ4n) is 2.83. The van der Waals surface area contributed by atoms with E-state index in [9.17, 15) is 4.79 Å². The molecule has 110 valence electrons. The van der Waals surface area contributed by atoms with Crippen LogP contribution in [0.25, 0.3) is 0 Å². The first-order valence-electron chi connectivity index (χ1n) is 7.21. The molecule has 0 aromatic heterocycles. The van der Waals surface area contributed by atoms with Gasteiger partial charge in [0.2, 0.25) is 5.91 Å². The highest BCUT2D eigenvalue weighted by Crippen LogP contribution is 2.24. The molecule has 4 atom stereocenters. The van der Waals surface area contributed by atoms with Crippen LogP contribution in [0.1, 0.15) is 31.9 Å². The molecule has 1 saturated heterocycles. The molecular formula is C16H24N2O2. The number of carbonyl (C=O) groups is 1. The molecule has 2 N–H and O–H groups in total. The molecule has 1 aromatic carbocycles. The second-order valence-electron chi connectivity index (χ2n) is 5.61. The maximum atomic E-state index is 12.6. The number of amides is 1. The van der Waals surface area contributed by atoms with E-state index < -0.39 is 0 Å². The lowest BCUT2D eigenvalue weighted by molar-refractivity contribution is -0.137. The van der Waals surface area contributed by atoms with E-state index in [4.69, 9.17) is 10.5 Å². The summed E-state index contributed by atoms with van der Waals surface area (Å²) in [7, 11) is 1.85. The molecule has 0 radical (unpaired) electrons. The number of hydrogen-bond acceptors (Lipinski definition) is 3. The second-order valence-corrected chi connectivity index (χ2v) is 5.61. The lowest BCUT2D eigenvalue weighted by Crippen LogP contribution is -2.45. The minimum Gasteiger partial charge on any atom is -0.376 e. The number of rotatable bonds is 4. The topological polar surface area (TPSA) is 55.6 Å². The predicted molar refractivity (Wildman–Crippen MR) is 79.1 cm³/mol. The summed E-state index contributed by atoms with van der Waals surface area (Å²) in [4.78, 5) is 14.4. The molecule has 1 aromatic rings. The number of likely N-dealkylation sites (N-methyl/N-ethyl adjacent to an activating group) is 1. The predicted octanol–water partition coefficient (Wildman–Crippen LogP) is 1.96. The number of carbonyl (C=O) groups excluding carboxylic acids is 1. The van der Waals surface area contributed by atoms with E-state index in [0.29, 0.717) is 0 Å². The fraction of sp³-hybridized carbons (Fsp3) is 0.562. The number of hydrogen-bond donors (Lipinski definition) is 1. The largest absolute Gasteiger partial charge is 0.376 e. The third-order valence-electron chi connectivity index (χ3n) is 4.29. The zero-order chi connectivity index (χ0) is 14.7. The Hall–Kier alpha value is -1.39. The van der Waals surface area contributed by atoms with E-state index in [1.807, 2.05) is 56.1 Å². The molecule has 0 saturated carbocycles.